The third-order valence-corrected chi connectivity index (χ3v) is 4.29. The van der Waals surface area contributed by atoms with E-state index >= 15 is 0 Å². The van der Waals surface area contributed by atoms with Gasteiger partial charge in [-0.25, -0.2) is 0 Å². The zero-order chi connectivity index (χ0) is 12.7. The highest BCUT2D eigenvalue weighted by atomic mass is 15.2. The molecule has 2 N–H and O–H groups in total. The maximum atomic E-state index is 6.01. The van der Waals surface area contributed by atoms with Gasteiger partial charge >= 0.3 is 0 Å². The van der Waals surface area contributed by atoms with Gasteiger partial charge in [-0.1, -0.05) is 33.6 Å². The van der Waals surface area contributed by atoms with Gasteiger partial charge in [0.05, 0.1) is 0 Å². The van der Waals surface area contributed by atoms with E-state index in [4.69, 9.17) is 5.73 Å². The molecule has 1 saturated carbocycles. The number of rotatable bonds is 7. The Morgan fingerprint density at radius 1 is 1.00 bits per heavy atom. The van der Waals surface area contributed by atoms with Crippen LogP contribution in [0.1, 0.15) is 72.1 Å². The van der Waals surface area contributed by atoms with Gasteiger partial charge in [-0.3, -0.25) is 4.90 Å². The SMILES string of the molecule is CCCC(CCC)N(CC)C1CCC(N)CC1. The lowest BCUT2D eigenvalue weighted by Gasteiger charge is -2.40. The molecule has 0 aromatic heterocycles. The minimum Gasteiger partial charge on any atom is -0.328 e. The summed E-state index contributed by atoms with van der Waals surface area (Å²) in [6.45, 7) is 8.16. The molecule has 102 valence electrons. The number of hydrogen-bond donors (Lipinski definition) is 1. The molecule has 0 radical (unpaired) electrons. The standard InChI is InChI=1S/C15H32N2/c1-4-7-14(8-5-2)17(6-3)15-11-9-13(16)10-12-15/h13-15H,4-12,16H2,1-3H3. The molecular weight excluding hydrogens is 208 g/mol. The Bertz CT molecular complexity index is 179. The van der Waals surface area contributed by atoms with Crippen molar-refractivity contribution in [2.75, 3.05) is 6.54 Å². The zero-order valence-electron chi connectivity index (χ0n) is 12.1. The average molecular weight is 240 g/mol. The van der Waals surface area contributed by atoms with Crippen LogP contribution < -0.4 is 5.73 Å². The van der Waals surface area contributed by atoms with Crippen molar-refractivity contribution < 1.29 is 0 Å². The van der Waals surface area contributed by atoms with Crippen molar-refractivity contribution in [1.82, 2.24) is 4.90 Å². The van der Waals surface area contributed by atoms with E-state index in [0.29, 0.717) is 6.04 Å². The molecule has 1 aliphatic rings. The van der Waals surface area contributed by atoms with Crippen LogP contribution in [0, 0.1) is 0 Å². The molecule has 0 unspecified atom stereocenters. The number of nitrogens with zero attached hydrogens (tertiary/aromatic N) is 1. The molecular formula is C15H32N2. The lowest BCUT2D eigenvalue weighted by molar-refractivity contribution is 0.0942. The third kappa shape index (κ3) is 4.59. The second-order valence-electron chi connectivity index (χ2n) is 5.63. The Morgan fingerprint density at radius 2 is 1.53 bits per heavy atom. The fourth-order valence-electron chi connectivity index (χ4n) is 3.39. The summed E-state index contributed by atoms with van der Waals surface area (Å²) in [4.78, 5) is 2.78. The second kappa shape index (κ2) is 8.10. The molecule has 0 aromatic carbocycles. The first-order chi connectivity index (χ1) is 8.22. The molecule has 0 aromatic rings. The number of hydrogen-bond acceptors (Lipinski definition) is 2. The van der Waals surface area contributed by atoms with Gasteiger partial charge in [0, 0.05) is 18.1 Å². The van der Waals surface area contributed by atoms with E-state index in [0.717, 1.165) is 12.1 Å². The smallest absolute Gasteiger partial charge is 0.00992 e. The van der Waals surface area contributed by atoms with E-state index in [1.54, 1.807) is 0 Å². The predicted octanol–water partition coefficient (Wildman–Crippen LogP) is 3.55. The molecule has 2 nitrogen and oxygen atoms in total. The van der Waals surface area contributed by atoms with Crippen LogP contribution in [0.25, 0.3) is 0 Å². The third-order valence-electron chi connectivity index (χ3n) is 4.29. The Kier molecular flexibility index (Phi) is 7.14. The molecule has 0 atom stereocenters. The summed E-state index contributed by atoms with van der Waals surface area (Å²) in [5, 5.41) is 0. The maximum absolute atomic E-state index is 6.01. The van der Waals surface area contributed by atoms with E-state index in [1.165, 1.54) is 57.9 Å². The van der Waals surface area contributed by atoms with Crippen LogP contribution >= 0.6 is 0 Å². The van der Waals surface area contributed by atoms with Crippen LogP contribution in [0.15, 0.2) is 0 Å². The Balaban J connectivity index is 2.54. The minimum atomic E-state index is 0.473. The van der Waals surface area contributed by atoms with Gasteiger partial charge in [0.1, 0.15) is 0 Å². The predicted molar refractivity (Wildman–Crippen MR) is 76.2 cm³/mol. The van der Waals surface area contributed by atoms with Crippen LogP contribution in [-0.4, -0.2) is 29.6 Å². The molecule has 17 heavy (non-hydrogen) atoms. The first-order valence-electron chi connectivity index (χ1n) is 7.74. The fourth-order valence-corrected chi connectivity index (χ4v) is 3.39. The lowest BCUT2D eigenvalue weighted by Crippen LogP contribution is -2.46. The summed E-state index contributed by atoms with van der Waals surface area (Å²) in [6.07, 6.45) is 10.4. The van der Waals surface area contributed by atoms with Crippen LogP contribution in [-0.2, 0) is 0 Å². The monoisotopic (exact) mass is 240 g/mol. The van der Waals surface area contributed by atoms with E-state index < -0.39 is 0 Å². The lowest BCUT2D eigenvalue weighted by atomic mass is 9.89. The highest BCUT2D eigenvalue weighted by Crippen LogP contribution is 2.26. The molecule has 0 saturated heterocycles. The van der Waals surface area contributed by atoms with Gasteiger partial charge in [-0.2, -0.15) is 0 Å². The van der Waals surface area contributed by atoms with Gasteiger partial charge in [0.25, 0.3) is 0 Å². The highest BCUT2D eigenvalue weighted by Gasteiger charge is 2.27. The van der Waals surface area contributed by atoms with Crippen molar-refractivity contribution in [3.8, 4) is 0 Å². The van der Waals surface area contributed by atoms with Crippen LogP contribution in [0.3, 0.4) is 0 Å². The first kappa shape index (κ1) is 15.0. The van der Waals surface area contributed by atoms with Gasteiger partial charge in [-0.05, 0) is 45.1 Å². The molecule has 2 heteroatoms. The Labute approximate surface area is 108 Å². The molecule has 1 aliphatic carbocycles. The normalized spacial score (nSPS) is 25.8. The Hall–Kier alpha value is -0.0800. The molecule has 0 amide bonds. The van der Waals surface area contributed by atoms with E-state index in [-0.39, 0.29) is 0 Å². The molecule has 0 bridgehead atoms. The van der Waals surface area contributed by atoms with Gasteiger partial charge < -0.3 is 5.73 Å². The van der Waals surface area contributed by atoms with Crippen molar-refractivity contribution in [3.05, 3.63) is 0 Å². The summed E-state index contributed by atoms with van der Waals surface area (Å²) in [5.41, 5.74) is 6.01. The van der Waals surface area contributed by atoms with Crippen LogP contribution in [0.4, 0.5) is 0 Å². The summed E-state index contributed by atoms with van der Waals surface area (Å²) >= 11 is 0. The summed E-state index contributed by atoms with van der Waals surface area (Å²) in [7, 11) is 0. The molecule has 0 spiro atoms. The summed E-state index contributed by atoms with van der Waals surface area (Å²) in [5.74, 6) is 0. The van der Waals surface area contributed by atoms with Gasteiger partial charge in [0.15, 0.2) is 0 Å². The van der Waals surface area contributed by atoms with Crippen molar-refractivity contribution in [3.63, 3.8) is 0 Å². The summed E-state index contributed by atoms with van der Waals surface area (Å²) in [6, 6.07) is 2.10. The van der Waals surface area contributed by atoms with Crippen molar-refractivity contribution >= 4 is 0 Å². The first-order valence-corrected chi connectivity index (χ1v) is 7.74. The van der Waals surface area contributed by atoms with Crippen LogP contribution in [0.5, 0.6) is 0 Å². The van der Waals surface area contributed by atoms with Crippen molar-refractivity contribution in [2.24, 2.45) is 5.73 Å². The average Bonchev–Trinajstić information content (AvgIpc) is 2.33. The topological polar surface area (TPSA) is 29.3 Å². The second-order valence-corrected chi connectivity index (χ2v) is 5.63. The van der Waals surface area contributed by atoms with Crippen molar-refractivity contribution in [2.45, 2.75) is 90.3 Å². The van der Waals surface area contributed by atoms with Gasteiger partial charge in [0.2, 0.25) is 0 Å². The minimum absolute atomic E-state index is 0.473. The van der Waals surface area contributed by atoms with Crippen LogP contribution in [0.2, 0.25) is 0 Å². The summed E-state index contributed by atoms with van der Waals surface area (Å²) < 4.78 is 0. The Morgan fingerprint density at radius 3 is 1.94 bits per heavy atom. The zero-order valence-corrected chi connectivity index (χ0v) is 12.1. The molecule has 0 aliphatic heterocycles. The maximum Gasteiger partial charge on any atom is 0.00992 e. The quantitative estimate of drug-likeness (QED) is 0.737. The van der Waals surface area contributed by atoms with E-state index in [2.05, 4.69) is 25.7 Å². The molecule has 1 rings (SSSR count). The van der Waals surface area contributed by atoms with Gasteiger partial charge in [-0.15, -0.1) is 0 Å². The molecule has 1 fully saturated rings. The molecule has 0 heterocycles. The largest absolute Gasteiger partial charge is 0.328 e. The van der Waals surface area contributed by atoms with E-state index in [9.17, 15) is 0 Å². The number of nitrogens with two attached hydrogens (primary N) is 1. The highest BCUT2D eigenvalue weighted by molar-refractivity contribution is 4.84. The fraction of sp³-hybridized carbons (Fsp3) is 1.00. The van der Waals surface area contributed by atoms with Crippen molar-refractivity contribution in [1.29, 1.82) is 0 Å². The van der Waals surface area contributed by atoms with E-state index in [1.807, 2.05) is 0 Å².